The van der Waals surface area contributed by atoms with Crippen molar-refractivity contribution in [2.45, 2.75) is 102 Å². The quantitative estimate of drug-likeness (QED) is 0.0801. The molecule has 0 unspecified atom stereocenters. The minimum atomic E-state index is -0.0551. The smallest absolute Gasteiger partial charge is 0.298 e. The summed E-state index contributed by atoms with van der Waals surface area (Å²) in [5.74, 6) is 5.99. The van der Waals surface area contributed by atoms with Gasteiger partial charge in [0.15, 0.2) is 23.0 Å². The average molecular weight is 1330 g/mol. The molecular formula is C71H87BN11O14. The summed E-state index contributed by atoms with van der Waals surface area (Å²) < 4.78 is 67.9. The van der Waals surface area contributed by atoms with Crippen molar-refractivity contribution in [3.63, 3.8) is 0 Å². The summed E-state index contributed by atoms with van der Waals surface area (Å²) in [5, 5.41) is 18.8. The standard InChI is InChI=1S/C33H34N6O6.C26H22N4O6.C8H15NO.C2H6.2CH4.BH2O/c1-17-27(18(2)45-37-17)24-13-25-23(14-26(24)41-4)28-29(34-19(3)35-32(28)36-25)21-5-6-22(31-30(21)43-11-12-44-31)33(40)39-9-7-38(8-10-39)20-15-42-16-20;1-12-21(13(2)36-30-12)17-9-18-16(10-20(17)32-4)22-23(27-14(3)28-26(22)29-18)15-5-6-19(35-11-31)25-24(15)33-7-8-34-25;1-2-4-9(5-3-1)8-6-10-7-8;1-2;;;1-2/h5-6,13-14,20H,7-12,15-16H2,1-4H3,(H,34,35,36);5-6,9-11H,7-8H2,1-4H3,(H,27,28,29);8H,1-7H2;1-2H3;2*1H4;1-2H/i;;;;;;1T. The van der Waals surface area contributed by atoms with Gasteiger partial charge in [-0.1, -0.05) is 45.4 Å². The van der Waals surface area contributed by atoms with Gasteiger partial charge in [0.05, 0.1) is 103 Å². The van der Waals surface area contributed by atoms with E-state index in [0.717, 1.165) is 117 Å². The van der Waals surface area contributed by atoms with Crippen molar-refractivity contribution in [1.29, 1.82) is 1.34 Å². The van der Waals surface area contributed by atoms with Crippen molar-refractivity contribution in [3.8, 4) is 85.0 Å². The molecule has 12 heterocycles. The summed E-state index contributed by atoms with van der Waals surface area (Å²) >= 11 is 0. The lowest BCUT2D eigenvalue weighted by Crippen LogP contribution is -2.57. The predicted molar refractivity (Wildman–Crippen MR) is 371 cm³/mol. The maximum Gasteiger partial charge on any atom is 0.298 e. The number of nitrogens with one attached hydrogen (secondary N) is 2. The average Bonchev–Trinajstić information content (AvgIpc) is 1.52. The highest BCUT2D eigenvalue weighted by atomic mass is 16.6. The number of aromatic nitrogens is 8. The third-order valence-electron chi connectivity index (χ3n) is 17.9. The Balaban J connectivity index is 0.000000175. The second-order valence-corrected chi connectivity index (χ2v) is 23.5. The molecule has 4 saturated heterocycles. The molecule has 0 bridgehead atoms. The number of nitrogens with zero attached hydrogens (tertiary/aromatic N) is 9. The van der Waals surface area contributed by atoms with Crippen LogP contribution in [0, 0.1) is 41.5 Å². The van der Waals surface area contributed by atoms with Gasteiger partial charge in [-0.2, -0.15) is 0 Å². The van der Waals surface area contributed by atoms with E-state index in [-0.39, 0.29) is 34.5 Å². The van der Waals surface area contributed by atoms with Gasteiger partial charge >= 0.3 is 0 Å². The molecule has 1 amide bonds. The molecule has 513 valence electrons. The number of ether oxygens (including phenoxy) is 9. The first-order valence-electron chi connectivity index (χ1n) is 32.7. The number of piperazine rings is 1. The molecule has 97 heavy (non-hydrogen) atoms. The first-order chi connectivity index (χ1) is 46.8. The van der Waals surface area contributed by atoms with E-state index in [4.69, 9.17) is 73.0 Å². The van der Waals surface area contributed by atoms with E-state index < -0.39 is 0 Å². The lowest BCUT2D eigenvalue weighted by atomic mass is 9.98. The number of rotatable bonds is 11. The number of likely N-dealkylation sites (tertiary alicyclic amines) is 1. The van der Waals surface area contributed by atoms with Crippen LogP contribution < -0.4 is 33.2 Å². The molecule has 0 aliphatic carbocycles. The summed E-state index contributed by atoms with van der Waals surface area (Å²) in [6.07, 6.45) is 4.23. The number of piperidine rings is 1. The molecule has 10 aromatic rings. The maximum atomic E-state index is 13.8. The molecule has 3 N–H and O–H groups in total. The number of H-pyrrole nitrogens is 2. The normalized spacial score (nSPS) is 16.0. The molecular weight excluding hydrogens is 1240 g/mol. The topological polar surface area (TPSA) is 282 Å². The molecule has 0 saturated carbocycles. The van der Waals surface area contributed by atoms with E-state index >= 15 is 0 Å². The number of amides is 1. The van der Waals surface area contributed by atoms with E-state index in [9.17, 15) is 9.59 Å². The number of hydrogen-bond donors (Lipinski definition) is 3. The van der Waals surface area contributed by atoms with E-state index in [1.54, 1.807) is 20.3 Å². The fourth-order valence-corrected chi connectivity index (χ4v) is 13.3. The number of aromatic amines is 2. The Labute approximate surface area is 566 Å². The Morgan fingerprint density at radius 1 is 0.588 bits per heavy atom. The zero-order chi connectivity index (χ0) is 67.3. The van der Waals surface area contributed by atoms with E-state index in [1.807, 2.05) is 103 Å². The Hall–Kier alpha value is -9.34. The van der Waals surface area contributed by atoms with Crippen LogP contribution in [0.3, 0.4) is 0 Å². The molecule has 26 heteroatoms. The number of hydrogen-bond acceptors (Lipinski definition) is 22. The first kappa shape index (κ1) is 69.0. The second-order valence-electron chi connectivity index (χ2n) is 23.5. The first-order valence-corrected chi connectivity index (χ1v) is 32.1. The number of benzene rings is 4. The van der Waals surface area contributed by atoms with Gasteiger partial charge in [-0.05, 0) is 116 Å². The van der Waals surface area contributed by atoms with Crippen LogP contribution in [0.1, 0.15) is 92.9 Å². The zero-order valence-corrected chi connectivity index (χ0v) is 55.2. The lowest BCUT2D eigenvalue weighted by molar-refractivity contribution is -0.120. The van der Waals surface area contributed by atoms with Crippen LogP contribution >= 0.6 is 0 Å². The largest absolute Gasteiger partial charge is 0.496 e. The van der Waals surface area contributed by atoms with E-state index in [1.165, 1.54) is 32.4 Å². The third kappa shape index (κ3) is 13.6. The van der Waals surface area contributed by atoms with Crippen LogP contribution in [0.15, 0.2) is 57.6 Å². The molecule has 4 aromatic carbocycles. The van der Waals surface area contributed by atoms with Gasteiger partial charge < -0.3 is 71.6 Å². The summed E-state index contributed by atoms with van der Waals surface area (Å²) in [7, 11) is 3.53. The zero-order valence-electron chi connectivity index (χ0n) is 56.2. The van der Waals surface area contributed by atoms with Gasteiger partial charge in [0.1, 0.15) is 72.4 Å². The molecule has 16 rings (SSSR count). The molecule has 25 nitrogen and oxygen atoms in total. The van der Waals surface area contributed by atoms with Gasteiger partial charge in [-0.3, -0.25) is 19.4 Å². The molecule has 6 aliphatic heterocycles. The molecule has 1 radical (unpaired) electrons. The molecule has 6 aromatic heterocycles. The third-order valence-corrected chi connectivity index (χ3v) is 17.9. The highest BCUT2D eigenvalue weighted by molar-refractivity contribution is 6.16. The minimum absolute atomic E-state index is 0. The van der Waals surface area contributed by atoms with Crippen molar-refractivity contribution in [2.75, 3.05) is 106 Å². The molecule has 4 fully saturated rings. The summed E-state index contributed by atoms with van der Waals surface area (Å²) in [6.45, 7) is 26.2. The lowest BCUT2D eigenvalue weighted by Gasteiger charge is -2.42. The summed E-state index contributed by atoms with van der Waals surface area (Å²) in [6, 6.07) is 16.5. The fourth-order valence-electron chi connectivity index (χ4n) is 13.3. The number of fused-ring (bicyclic) bond motifs is 8. The van der Waals surface area contributed by atoms with Crippen LogP contribution in [0.5, 0.6) is 40.2 Å². The van der Waals surface area contributed by atoms with E-state index in [2.05, 4.69) is 35.1 Å². The van der Waals surface area contributed by atoms with Gasteiger partial charge in [-0.25, -0.2) is 19.9 Å². The van der Waals surface area contributed by atoms with Crippen molar-refractivity contribution in [1.82, 2.24) is 54.9 Å². The number of methoxy groups -OCH3 is 2. The van der Waals surface area contributed by atoms with Crippen molar-refractivity contribution in [3.05, 3.63) is 88.7 Å². The van der Waals surface area contributed by atoms with Gasteiger partial charge in [0.2, 0.25) is 5.75 Å². The van der Waals surface area contributed by atoms with Crippen LogP contribution in [-0.4, -0.2) is 200 Å². The Kier molecular flexibility index (Phi) is 21.9. The van der Waals surface area contributed by atoms with Crippen LogP contribution in [-0.2, 0) is 14.3 Å². The van der Waals surface area contributed by atoms with Gasteiger partial charge in [0, 0.05) is 71.6 Å². The highest BCUT2D eigenvalue weighted by Gasteiger charge is 2.35. The highest BCUT2D eigenvalue weighted by Crippen LogP contribution is 2.50. The Morgan fingerprint density at radius 3 is 1.46 bits per heavy atom. The number of carbonyl (C=O) groups is 2. The predicted octanol–water partition coefficient (Wildman–Crippen LogP) is 10.9. The van der Waals surface area contributed by atoms with Crippen molar-refractivity contribution in [2.24, 2.45) is 0 Å². The molecule has 0 atom stereocenters. The second kappa shape index (κ2) is 30.8. The summed E-state index contributed by atoms with van der Waals surface area (Å²) in [5.41, 5.74) is 11.5. The van der Waals surface area contributed by atoms with Crippen LogP contribution in [0.2, 0.25) is 0 Å². The van der Waals surface area contributed by atoms with Crippen LogP contribution in [0.25, 0.3) is 88.6 Å². The van der Waals surface area contributed by atoms with Crippen molar-refractivity contribution < 1.29 is 66.3 Å². The number of aryl methyl sites for hydroxylation is 6. The van der Waals surface area contributed by atoms with Crippen molar-refractivity contribution >= 4 is 64.3 Å². The Bertz CT molecular complexity index is 4440. The minimum Gasteiger partial charge on any atom is -0.496 e. The fraction of sp³-hybridized carbons (Fsp3) is 0.437. The van der Waals surface area contributed by atoms with Crippen LogP contribution in [0.4, 0.5) is 0 Å². The maximum absolute atomic E-state index is 13.8. The Morgan fingerprint density at radius 2 is 1.03 bits per heavy atom. The van der Waals surface area contributed by atoms with Gasteiger partial charge in [-0.15, -0.1) is 0 Å². The molecule has 6 aliphatic rings. The summed E-state index contributed by atoms with van der Waals surface area (Å²) in [4.78, 5) is 57.7. The van der Waals surface area contributed by atoms with E-state index in [0.29, 0.717) is 144 Å². The van der Waals surface area contributed by atoms with Gasteiger partial charge in [0.25, 0.3) is 20.4 Å². The molecule has 0 spiro atoms. The number of carbonyl (C=O) groups excluding carboxylic acids is 2. The SMILES string of the molecule is C.C.C1CCN(C2COC2)CC1.CC.COc1cc2c(cc1-c1c(C)noc1C)[nH]c1nc(C)nc(-c3ccc(C(=O)N4CCN(C5COC5)CC4)c4c3OCCO4)c12.COc1cc2c(cc1-c1c(C)noc1C)[nH]c1nc(C)nc(-c3ccc(OC=O)c4c3OCCO4)c12.[3H][B]O. The monoisotopic (exact) mass is 1330 g/mol.